The Hall–Kier alpha value is -1.72. The van der Waals surface area contributed by atoms with E-state index in [2.05, 4.69) is 62.7 Å². The average Bonchev–Trinajstić information content (AvgIpc) is 2.92. The molecule has 26 heavy (non-hydrogen) atoms. The molecule has 130 valence electrons. The minimum Gasteiger partial charge on any atom is -0.278 e. The molecule has 4 aliphatic rings. The topological polar surface area (TPSA) is 37.4 Å². The number of carbonyl (C=O) groups excluding carboxylic acids is 2. The molecule has 1 heterocycles. The number of hydrogen-bond acceptors (Lipinski definition) is 2. The van der Waals surface area contributed by atoms with E-state index >= 15 is 0 Å². The normalized spacial score (nSPS) is 33.7. The predicted molar refractivity (Wildman–Crippen MR) is 106 cm³/mol. The fraction of sp³-hybridized carbons (Fsp3) is 0.238. The SMILES string of the molecule is C=CCN1C(=O)C2C(C1=O)C1(Br)c3ccccc3C2(Br)c2ccccc21. The average molecular weight is 473 g/mol. The molecule has 0 aromatic heterocycles. The number of likely N-dealkylation sites (tertiary alicyclic amines) is 1. The Morgan fingerprint density at radius 2 is 1.19 bits per heavy atom. The maximum absolute atomic E-state index is 13.3. The summed E-state index contributed by atoms with van der Waals surface area (Å²) in [6.45, 7) is 3.95. The zero-order chi connectivity index (χ0) is 18.3. The van der Waals surface area contributed by atoms with Gasteiger partial charge < -0.3 is 0 Å². The third-order valence-corrected chi connectivity index (χ3v) is 8.68. The van der Waals surface area contributed by atoms with Crippen LogP contribution in [0.5, 0.6) is 0 Å². The van der Waals surface area contributed by atoms with E-state index in [4.69, 9.17) is 0 Å². The van der Waals surface area contributed by atoms with Crippen LogP contribution < -0.4 is 0 Å². The molecule has 0 radical (unpaired) electrons. The lowest BCUT2D eigenvalue weighted by Gasteiger charge is -2.55. The summed E-state index contributed by atoms with van der Waals surface area (Å²) in [4.78, 5) is 28.0. The molecule has 2 unspecified atom stereocenters. The van der Waals surface area contributed by atoms with E-state index in [1.54, 1.807) is 6.08 Å². The Kier molecular flexibility index (Phi) is 3.27. The summed E-state index contributed by atoms with van der Waals surface area (Å²) >= 11 is 7.92. The van der Waals surface area contributed by atoms with Gasteiger partial charge in [-0.1, -0.05) is 86.5 Å². The predicted octanol–water partition coefficient (Wildman–Crippen LogP) is 4.08. The van der Waals surface area contributed by atoms with Crippen LogP contribution in [0.1, 0.15) is 22.3 Å². The van der Waals surface area contributed by atoms with Crippen LogP contribution in [-0.4, -0.2) is 23.3 Å². The molecule has 5 heteroatoms. The molecule has 0 N–H and O–H groups in total. The second-order valence-electron chi connectivity index (χ2n) is 7.05. The Bertz CT molecular complexity index is 878. The van der Waals surface area contributed by atoms with Gasteiger partial charge in [0, 0.05) is 6.54 Å². The van der Waals surface area contributed by atoms with Crippen LogP contribution in [0.15, 0.2) is 61.2 Å². The number of hydrogen-bond donors (Lipinski definition) is 0. The van der Waals surface area contributed by atoms with Gasteiger partial charge in [-0.15, -0.1) is 6.58 Å². The van der Waals surface area contributed by atoms with Gasteiger partial charge in [-0.2, -0.15) is 0 Å². The van der Waals surface area contributed by atoms with Crippen molar-refractivity contribution in [2.24, 2.45) is 11.8 Å². The number of nitrogens with zero attached hydrogens (tertiary/aromatic N) is 1. The van der Waals surface area contributed by atoms with Crippen molar-refractivity contribution >= 4 is 43.7 Å². The van der Waals surface area contributed by atoms with Gasteiger partial charge in [-0.3, -0.25) is 14.5 Å². The van der Waals surface area contributed by atoms with Crippen molar-refractivity contribution in [3.05, 3.63) is 83.4 Å². The number of benzene rings is 2. The zero-order valence-electron chi connectivity index (χ0n) is 13.8. The third kappa shape index (κ3) is 1.61. The highest BCUT2D eigenvalue weighted by Gasteiger charge is 2.72. The second kappa shape index (κ2) is 5.17. The lowest BCUT2D eigenvalue weighted by molar-refractivity contribution is -0.139. The molecule has 1 saturated heterocycles. The van der Waals surface area contributed by atoms with Gasteiger partial charge in [0.1, 0.15) is 0 Å². The summed E-state index contributed by atoms with van der Waals surface area (Å²) < 4.78 is -1.41. The summed E-state index contributed by atoms with van der Waals surface area (Å²) in [5.41, 5.74) is 4.22. The molecule has 2 aromatic carbocycles. The van der Waals surface area contributed by atoms with Crippen LogP contribution in [-0.2, 0) is 18.2 Å². The van der Waals surface area contributed by atoms with Crippen molar-refractivity contribution in [3.63, 3.8) is 0 Å². The number of rotatable bonds is 2. The Morgan fingerprint density at radius 3 is 1.50 bits per heavy atom. The minimum atomic E-state index is -0.705. The van der Waals surface area contributed by atoms with Crippen LogP contribution in [0.25, 0.3) is 0 Å². The molecule has 3 nitrogen and oxygen atoms in total. The van der Waals surface area contributed by atoms with E-state index in [0.717, 1.165) is 22.3 Å². The maximum atomic E-state index is 13.3. The smallest absolute Gasteiger partial charge is 0.235 e. The fourth-order valence-corrected chi connectivity index (χ4v) is 7.34. The van der Waals surface area contributed by atoms with Crippen LogP contribution in [0, 0.1) is 11.8 Å². The number of halogens is 2. The van der Waals surface area contributed by atoms with Crippen LogP contribution in [0.2, 0.25) is 0 Å². The quantitative estimate of drug-likeness (QED) is 0.375. The van der Waals surface area contributed by atoms with Gasteiger partial charge in [-0.25, -0.2) is 0 Å². The summed E-state index contributed by atoms with van der Waals surface area (Å²) in [5.74, 6) is -1.24. The van der Waals surface area contributed by atoms with Gasteiger partial charge in [0.25, 0.3) is 0 Å². The Labute approximate surface area is 168 Å². The van der Waals surface area contributed by atoms with E-state index in [9.17, 15) is 9.59 Å². The molecule has 1 aliphatic heterocycles. The zero-order valence-corrected chi connectivity index (χ0v) is 17.0. The van der Waals surface area contributed by atoms with Crippen LogP contribution >= 0.6 is 31.9 Å². The first-order valence-electron chi connectivity index (χ1n) is 8.51. The van der Waals surface area contributed by atoms with E-state index < -0.39 is 20.5 Å². The van der Waals surface area contributed by atoms with Crippen molar-refractivity contribution in [2.75, 3.05) is 6.54 Å². The molecular formula is C21H15Br2NO2. The Morgan fingerprint density at radius 1 is 0.846 bits per heavy atom. The summed E-state index contributed by atoms with van der Waals surface area (Å²) in [5, 5.41) is 0. The highest BCUT2D eigenvalue weighted by Crippen LogP contribution is 2.70. The first kappa shape index (κ1) is 16.5. The molecule has 2 atom stereocenters. The van der Waals surface area contributed by atoms with Gasteiger partial charge in [0.2, 0.25) is 11.8 Å². The molecule has 1 fully saturated rings. The molecule has 0 saturated carbocycles. The summed E-state index contributed by atoms with van der Waals surface area (Å²) in [7, 11) is 0. The van der Waals surface area contributed by atoms with Crippen LogP contribution in [0.3, 0.4) is 0 Å². The first-order chi connectivity index (χ1) is 12.5. The van der Waals surface area contributed by atoms with E-state index in [-0.39, 0.29) is 18.4 Å². The molecule has 2 aromatic rings. The van der Waals surface area contributed by atoms with Gasteiger partial charge >= 0.3 is 0 Å². The van der Waals surface area contributed by atoms with Crippen molar-refractivity contribution in [3.8, 4) is 0 Å². The van der Waals surface area contributed by atoms with Crippen LogP contribution in [0.4, 0.5) is 0 Å². The fourth-order valence-electron chi connectivity index (χ4n) is 5.03. The molecule has 0 spiro atoms. The minimum absolute atomic E-state index is 0.135. The third-order valence-electron chi connectivity index (χ3n) is 5.99. The standard InChI is InChI=1S/C21H15Br2NO2/c1-2-11-24-18(25)16-17(19(24)26)21(23)13-8-4-3-7-12(13)20(16,22)14-9-5-6-10-15(14)21/h2-10,16-17H,1,11H2. The van der Waals surface area contributed by atoms with Crippen molar-refractivity contribution in [2.45, 2.75) is 8.65 Å². The van der Waals surface area contributed by atoms with Gasteiger partial charge in [0.15, 0.2) is 0 Å². The maximum Gasteiger partial charge on any atom is 0.235 e. The van der Waals surface area contributed by atoms with Gasteiger partial charge in [-0.05, 0) is 22.3 Å². The molecule has 3 aliphatic carbocycles. The number of carbonyl (C=O) groups is 2. The number of alkyl halides is 2. The van der Waals surface area contributed by atoms with E-state index in [1.807, 2.05) is 24.3 Å². The molecule has 6 rings (SSSR count). The molecule has 2 bridgehead atoms. The van der Waals surface area contributed by atoms with Crippen molar-refractivity contribution in [1.29, 1.82) is 0 Å². The second-order valence-corrected chi connectivity index (χ2v) is 9.55. The highest BCUT2D eigenvalue weighted by atomic mass is 79.9. The summed E-state index contributed by atoms with van der Waals surface area (Å²) in [6.07, 6.45) is 1.61. The molecule has 2 amide bonds. The van der Waals surface area contributed by atoms with E-state index in [0.29, 0.717) is 0 Å². The molecular weight excluding hydrogens is 458 g/mol. The van der Waals surface area contributed by atoms with Gasteiger partial charge in [0.05, 0.1) is 20.5 Å². The van der Waals surface area contributed by atoms with Crippen molar-refractivity contribution in [1.82, 2.24) is 4.90 Å². The summed E-state index contributed by atoms with van der Waals surface area (Å²) in [6, 6.07) is 16.2. The monoisotopic (exact) mass is 471 g/mol. The van der Waals surface area contributed by atoms with E-state index in [1.165, 1.54) is 4.90 Å². The lowest BCUT2D eigenvalue weighted by Crippen LogP contribution is -2.56. The highest BCUT2D eigenvalue weighted by molar-refractivity contribution is 9.10. The Balaban J connectivity index is 1.90. The largest absolute Gasteiger partial charge is 0.278 e. The lowest BCUT2D eigenvalue weighted by atomic mass is 9.54. The number of amides is 2. The first-order valence-corrected chi connectivity index (χ1v) is 10.1. The van der Waals surface area contributed by atoms with Crippen molar-refractivity contribution < 1.29 is 9.59 Å². The number of imide groups is 1.